The van der Waals surface area contributed by atoms with Crippen molar-refractivity contribution in [2.45, 2.75) is 44.7 Å². The first-order valence-electron chi connectivity index (χ1n) is 9.65. The molecule has 0 saturated heterocycles. The van der Waals surface area contributed by atoms with Gasteiger partial charge < -0.3 is 9.42 Å². The highest BCUT2D eigenvalue weighted by molar-refractivity contribution is 5.93. The van der Waals surface area contributed by atoms with E-state index in [0.717, 1.165) is 31.2 Å². The van der Waals surface area contributed by atoms with Gasteiger partial charge in [-0.1, -0.05) is 59.3 Å². The molecule has 2 aliphatic rings. The van der Waals surface area contributed by atoms with Crippen LogP contribution in [0.4, 0.5) is 0 Å². The minimum absolute atomic E-state index is 0.0370. The van der Waals surface area contributed by atoms with Crippen LogP contribution in [-0.4, -0.2) is 22.0 Å². The number of hydrogen-bond acceptors (Lipinski definition) is 3. The third-order valence-corrected chi connectivity index (χ3v) is 5.68. The largest absolute Gasteiger partial charge is 0.350 e. The number of carbonyl (C=O) groups excluding carboxylic acids is 1. The third-order valence-electron chi connectivity index (χ3n) is 5.68. The van der Waals surface area contributed by atoms with Crippen LogP contribution in [0.2, 0.25) is 0 Å². The molecular formula is C23H22N2O2. The number of carbonyl (C=O) groups is 1. The molecule has 0 bridgehead atoms. The number of rotatable bonds is 4. The maximum absolute atomic E-state index is 13.3. The minimum atomic E-state index is -0.0370. The Morgan fingerprint density at radius 1 is 1.07 bits per heavy atom. The van der Waals surface area contributed by atoms with Gasteiger partial charge in [-0.3, -0.25) is 4.79 Å². The average Bonchev–Trinajstić information content (AvgIpc) is 3.24. The van der Waals surface area contributed by atoms with Gasteiger partial charge in [0.25, 0.3) is 5.91 Å². The van der Waals surface area contributed by atoms with Gasteiger partial charge in [0.05, 0.1) is 6.04 Å². The van der Waals surface area contributed by atoms with E-state index in [1.807, 2.05) is 29.2 Å². The van der Waals surface area contributed by atoms with Crippen LogP contribution in [0.5, 0.6) is 0 Å². The van der Waals surface area contributed by atoms with Crippen molar-refractivity contribution in [3.05, 3.63) is 77.0 Å². The van der Waals surface area contributed by atoms with Crippen molar-refractivity contribution < 1.29 is 9.32 Å². The summed E-state index contributed by atoms with van der Waals surface area (Å²) in [7, 11) is 0. The van der Waals surface area contributed by atoms with Crippen molar-refractivity contribution in [3.63, 3.8) is 0 Å². The van der Waals surface area contributed by atoms with Crippen molar-refractivity contribution in [2.75, 3.05) is 0 Å². The zero-order chi connectivity index (χ0) is 18.4. The van der Waals surface area contributed by atoms with E-state index < -0.39 is 0 Å². The molecule has 0 radical (unpaired) electrons. The summed E-state index contributed by atoms with van der Waals surface area (Å²) >= 11 is 0. The van der Waals surface area contributed by atoms with Gasteiger partial charge in [-0.2, -0.15) is 0 Å². The second-order valence-corrected chi connectivity index (χ2v) is 7.64. The van der Waals surface area contributed by atoms with Gasteiger partial charge >= 0.3 is 0 Å². The van der Waals surface area contributed by atoms with Crippen LogP contribution in [0, 0.1) is 6.92 Å². The smallest absolute Gasteiger partial charge is 0.293 e. The molecule has 1 aromatic heterocycles. The summed E-state index contributed by atoms with van der Waals surface area (Å²) in [6, 6.07) is 18.8. The molecule has 0 aliphatic heterocycles. The van der Waals surface area contributed by atoms with E-state index in [0.29, 0.717) is 17.5 Å². The van der Waals surface area contributed by atoms with Gasteiger partial charge in [0.1, 0.15) is 5.69 Å². The molecule has 5 rings (SSSR count). The first kappa shape index (κ1) is 16.3. The third kappa shape index (κ3) is 2.95. The van der Waals surface area contributed by atoms with Crippen LogP contribution in [-0.2, 0) is 6.42 Å². The molecule has 27 heavy (non-hydrogen) atoms. The van der Waals surface area contributed by atoms with Crippen LogP contribution in [0.1, 0.15) is 52.5 Å². The Hall–Kier alpha value is -2.88. The Labute approximate surface area is 158 Å². The summed E-state index contributed by atoms with van der Waals surface area (Å²) in [5.74, 6) is 0.298. The zero-order valence-corrected chi connectivity index (χ0v) is 15.4. The number of hydrogen-bond donors (Lipinski definition) is 0. The maximum Gasteiger partial charge on any atom is 0.293 e. The molecule has 0 spiro atoms. The molecule has 1 amide bonds. The van der Waals surface area contributed by atoms with Crippen LogP contribution in [0.25, 0.3) is 11.3 Å². The van der Waals surface area contributed by atoms with Gasteiger partial charge in [-0.05, 0) is 43.7 Å². The Bertz CT molecular complexity index is 986. The Balaban J connectivity index is 1.45. The molecule has 0 N–H and O–H groups in total. The maximum atomic E-state index is 13.3. The van der Waals surface area contributed by atoms with Gasteiger partial charge in [0.2, 0.25) is 5.76 Å². The van der Waals surface area contributed by atoms with Gasteiger partial charge in [-0.15, -0.1) is 0 Å². The highest BCUT2D eigenvalue weighted by Gasteiger charge is 2.41. The predicted molar refractivity (Wildman–Crippen MR) is 103 cm³/mol. The number of aromatic nitrogens is 1. The predicted octanol–water partition coefficient (Wildman–Crippen LogP) is 4.94. The fourth-order valence-corrected chi connectivity index (χ4v) is 4.10. The van der Waals surface area contributed by atoms with Crippen LogP contribution >= 0.6 is 0 Å². The SMILES string of the molecule is Cc1ccc(-c2cc(C(=O)N(C3CC3)[C@@H]3CCc4ccccc43)on2)cc1. The number of benzene rings is 2. The van der Waals surface area contributed by atoms with Crippen molar-refractivity contribution in [3.8, 4) is 11.3 Å². The second-order valence-electron chi connectivity index (χ2n) is 7.64. The average molecular weight is 358 g/mol. The minimum Gasteiger partial charge on any atom is -0.350 e. The Kier molecular flexibility index (Phi) is 3.85. The van der Waals surface area contributed by atoms with E-state index in [-0.39, 0.29) is 11.9 Å². The molecule has 136 valence electrons. The lowest BCUT2D eigenvalue weighted by molar-refractivity contribution is 0.0615. The van der Waals surface area contributed by atoms with Gasteiger partial charge in [0.15, 0.2) is 0 Å². The van der Waals surface area contributed by atoms with E-state index in [9.17, 15) is 4.79 Å². The zero-order valence-electron chi connectivity index (χ0n) is 15.4. The first-order chi connectivity index (χ1) is 13.2. The van der Waals surface area contributed by atoms with Crippen LogP contribution in [0.3, 0.4) is 0 Å². The lowest BCUT2D eigenvalue weighted by Gasteiger charge is -2.29. The fraction of sp³-hybridized carbons (Fsp3) is 0.304. The molecule has 4 nitrogen and oxygen atoms in total. The number of amides is 1. The Morgan fingerprint density at radius 2 is 1.85 bits per heavy atom. The molecule has 1 saturated carbocycles. The molecule has 2 aromatic carbocycles. The highest BCUT2D eigenvalue weighted by atomic mass is 16.5. The molecule has 1 fully saturated rings. The van der Waals surface area contributed by atoms with Gasteiger partial charge in [-0.25, -0.2) is 0 Å². The number of nitrogens with zero attached hydrogens (tertiary/aromatic N) is 2. The van der Waals surface area contributed by atoms with E-state index in [4.69, 9.17) is 4.52 Å². The van der Waals surface area contributed by atoms with E-state index in [1.54, 1.807) is 6.07 Å². The van der Waals surface area contributed by atoms with Crippen molar-refractivity contribution in [1.29, 1.82) is 0 Å². The number of aryl methyl sites for hydroxylation is 2. The summed E-state index contributed by atoms with van der Waals surface area (Å²) < 4.78 is 5.48. The van der Waals surface area contributed by atoms with Crippen molar-refractivity contribution in [2.24, 2.45) is 0 Å². The summed E-state index contributed by atoms with van der Waals surface area (Å²) in [4.78, 5) is 15.4. The summed E-state index contributed by atoms with van der Waals surface area (Å²) in [6.45, 7) is 2.05. The quantitative estimate of drug-likeness (QED) is 0.663. The summed E-state index contributed by atoms with van der Waals surface area (Å²) in [6.07, 6.45) is 4.16. The Morgan fingerprint density at radius 3 is 2.63 bits per heavy atom. The molecule has 1 heterocycles. The van der Waals surface area contributed by atoms with Crippen molar-refractivity contribution >= 4 is 5.91 Å². The van der Waals surface area contributed by atoms with E-state index >= 15 is 0 Å². The second kappa shape index (κ2) is 6.38. The van der Waals surface area contributed by atoms with Crippen molar-refractivity contribution in [1.82, 2.24) is 10.1 Å². The molecule has 1 atom stereocenters. The highest BCUT2D eigenvalue weighted by Crippen LogP contribution is 2.42. The van der Waals surface area contributed by atoms with Crippen LogP contribution < -0.4 is 0 Å². The van der Waals surface area contributed by atoms with Gasteiger partial charge in [0, 0.05) is 17.7 Å². The molecular weight excluding hydrogens is 336 g/mol. The standard InChI is InChI=1S/C23H22N2O2/c1-15-6-8-17(9-7-15)20-14-22(27-24-20)23(26)25(18-11-12-18)21-13-10-16-4-2-3-5-19(16)21/h2-9,14,18,21H,10-13H2,1H3/t21-/m1/s1. The first-order valence-corrected chi connectivity index (χ1v) is 9.65. The van der Waals surface area contributed by atoms with E-state index in [1.165, 1.54) is 16.7 Å². The van der Waals surface area contributed by atoms with Crippen LogP contribution in [0.15, 0.2) is 59.1 Å². The lowest BCUT2D eigenvalue weighted by atomic mass is 10.1. The molecule has 2 aliphatic carbocycles. The number of fused-ring (bicyclic) bond motifs is 1. The molecule has 4 heteroatoms. The topological polar surface area (TPSA) is 46.3 Å². The normalized spacial score (nSPS) is 18.3. The lowest BCUT2D eigenvalue weighted by Crippen LogP contribution is -2.35. The fourth-order valence-electron chi connectivity index (χ4n) is 4.10. The summed E-state index contributed by atoms with van der Waals surface area (Å²) in [5.41, 5.74) is 5.52. The molecule has 0 unspecified atom stereocenters. The monoisotopic (exact) mass is 358 g/mol. The van der Waals surface area contributed by atoms with E-state index in [2.05, 4.69) is 36.3 Å². The molecule has 3 aromatic rings. The summed E-state index contributed by atoms with van der Waals surface area (Å²) in [5, 5.41) is 4.15.